The van der Waals surface area contributed by atoms with E-state index >= 15 is 0 Å². The van der Waals surface area contributed by atoms with Gasteiger partial charge in [0.05, 0.1) is 13.2 Å². The van der Waals surface area contributed by atoms with Crippen LogP contribution in [-0.4, -0.2) is 34.6 Å². The number of unbranched alkanes of at least 4 members (excludes halogenated alkanes) is 1. The lowest BCUT2D eigenvalue weighted by atomic mass is 10.0. The molecule has 0 aliphatic heterocycles. The van der Waals surface area contributed by atoms with Crippen molar-refractivity contribution >= 4 is 16.7 Å². The van der Waals surface area contributed by atoms with Crippen LogP contribution in [0.25, 0.3) is 22.0 Å². The maximum Gasteiger partial charge on any atom is 0.305 e. The standard InChI is InChI=1S/C20H20N4O3/c1-2-26-19(25)5-3-4-10-27-17-9-8-14-11-16(7-6-15(14)12-17)20-18(13-21)22-24-23-20/h6-9,11-12H,2-5,10H2,1H3,(H,22,23,24). The number of aromatic nitrogens is 3. The van der Waals surface area contributed by atoms with Crippen molar-refractivity contribution < 1.29 is 14.3 Å². The second-order valence-electron chi connectivity index (χ2n) is 5.97. The first-order chi connectivity index (χ1) is 13.2. The first-order valence-electron chi connectivity index (χ1n) is 8.84. The van der Waals surface area contributed by atoms with Crippen LogP contribution >= 0.6 is 0 Å². The molecule has 3 aromatic rings. The zero-order valence-electron chi connectivity index (χ0n) is 15.1. The summed E-state index contributed by atoms with van der Waals surface area (Å²) in [5, 5.41) is 21.5. The third-order valence-electron chi connectivity index (χ3n) is 4.09. The van der Waals surface area contributed by atoms with Crippen LogP contribution in [-0.2, 0) is 9.53 Å². The summed E-state index contributed by atoms with van der Waals surface area (Å²) in [4.78, 5) is 11.3. The molecule has 0 saturated heterocycles. The summed E-state index contributed by atoms with van der Waals surface area (Å²) in [5.74, 6) is 0.621. The van der Waals surface area contributed by atoms with Gasteiger partial charge < -0.3 is 9.47 Å². The van der Waals surface area contributed by atoms with Gasteiger partial charge >= 0.3 is 5.97 Å². The Morgan fingerprint density at radius 2 is 1.96 bits per heavy atom. The average molecular weight is 364 g/mol. The zero-order valence-corrected chi connectivity index (χ0v) is 15.1. The molecule has 27 heavy (non-hydrogen) atoms. The molecule has 0 bridgehead atoms. The van der Waals surface area contributed by atoms with Crippen molar-refractivity contribution in [3.05, 3.63) is 42.1 Å². The molecular weight excluding hydrogens is 344 g/mol. The lowest BCUT2D eigenvalue weighted by molar-refractivity contribution is -0.143. The predicted octanol–water partition coefficient (Wildman–Crippen LogP) is 3.61. The number of nitrogens with one attached hydrogen (secondary N) is 1. The number of carbonyl (C=O) groups excluding carboxylic acids is 1. The normalized spacial score (nSPS) is 10.5. The summed E-state index contributed by atoms with van der Waals surface area (Å²) in [6.45, 7) is 2.77. The Kier molecular flexibility index (Phi) is 6.00. The van der Waals surface area contributed by atoms with E-state index in [1.807, 2.05) is 42.5 Å². The number of H-pyrrole nitrogens is 1. The Hall–Kier alpha value is -3.40. The lowest BCUT2D eigenvalue weighted by Crippen LogP contribution is -2.05. The first-order valence-corrected chi connectivity index (χ1v) is 8.84. The minimum Gasteiger partial charge on any atom is -0.494 e. The summed E-state index contributed by atoms with van der Waals surface area (Å²) in [5.41, 5.74) is 1.65. The van der Waals surface area contributed by atoms with Crippen molar-refractivity contribution in [3.63, 3.8) is 0 Å². The van der Waals surface area contributed by atoms with Gasteiger partial charge in [-0.15, -0.1) is 5.10 Å². The summed E-state index contributed by atoms with van der Waals surface area (Å²) < 4.78 is 10.7. The largest absolute Gasteiger partial charge is 0.494 e. The van der Waals surface area contributed by atoms with Gasteiger partial charge in [0, 0.05) is 12.0 Å². The average Bonchev–Trinajstić information content (AvgIpc) is 3.16. The third-order valence-corrected chi connectivity index (χ3v) is 4.09. The van der Waals surface area contributed by atoms with Gasteiger partial charge in [-0.25, -0.2) is 0 Å². The van der Waals surface area contributed by atoms with E-state index in [1.54, 1.807) is 6.92 Å². The maximum absolute atomic E-state index is 11.3. The zero-order chi connectivity index (χ0) is 19.1. The number of benzene rings is 2. The molecule has 7 nitrogen and oxygen atoms in total. The number of rotatable bonds is 8. The molecule has 0 radical (unpaired) electrons. The quantitative estimate of drug-likeness (QED) is 0.484. The van der Waals surface area contributed by atoms with Crippen molar-refractivity contribution in [1.29, 1.82) is 5.26 Å². The van der Waals surface area contributed by atoms with Gasteiger partial charge in [-0.05, 0) is 48.7 Å². The highest BCUT2D eigenvalue weighted by molar-refractivity contribution is 5.88. The van der Waals surface area contributed by atoms with Crippen LogP contribution in [0, 0.1) is 11.3 Å². The monoisotopic (exact) mass is 364 g/mol. The van der Waals surface area contributed by atoms with Crippen molar-refractivity contribution in [1.82, 2.24) is 15.4 Å². The van der Waals surface area contributed by atoms with Crippen molar-refractivity contribution in [3.8, 4) is 23.1 Å². The number of hydrogen-bond donors (Lipinski definition) is 1. The van der Waals surface area contributed by atoms with Gasteiger partial charge in [0.2, 0.25) is 0 Å². The van der Waals surface area contributed by atoms with Crippen LogP contribution in [0.3, 0.4) is 0 Å². The number of nitrogens with zero attached hydrogens (tertiary/aromatic N) is 3. The van der Waals surface area contributed by atoms with Crippen LogP contribution < -0.4 is 4.74 Å². The van der Waals surface area contributed by atoms with Gasteiger partial charge in [-0.1, -0.05) is 18.2 Å². The van der Waals surface area contributed by atoms with Gasteiger partial charge in [0.25, 0.3) is 0 Å². The fourth-order valence-corrected chi connectivity index (χ4v) is 2.77. The molecule has 0 aliphatic carbocycles. The smallest absolute Gasteiger partial charge is 0.305 e. The fraction of sp³-hybridized carbons (Fsp3) is 0.300. The number of carbonyl (C=O) groups is 1. The third kappa shape index (κ3) is 4.61. The maximum atomic E-state index is 11.3. The summed E-state index contributed by atoms with van der Waals surface area (Å²) in [6, 6.07) is 13.7. The number of aromatic amines is 1. The molecule has 7 heteroatoms. The highest BCUT2D eigenvalue weighted by Gasteiger charge is 2.10. The van der Waals surface area contributed by atoms with Gasteiger partial charge in [-0.3, -0.25) is 4.79 Å². The lowest BCUT2D eigenvalue weighted by Gasteiger charge is -2.08. The van der Waals surface area contributed by atoms with Crippen LogP contribution in [0.2, 0.25) is 0 Å². The van der Waals surface area contributed by atoms with Crippen LogP contribution in [0.15, 0.2) is 36.4 Å². The Morgan fingerprint density at radius 3 is 2.78 bits per heavy atom. The molecule has 1 heterocycles. The van der Waals surface area contributed by atoms with E-state index in [-0.39, 0.29) is 11.7 Å². The SMILES string of the molecule is CCOC(=O)CCCCOc1ccc2cc(-c3n[nH]nc3C#N)ccc2c1. The molecule has 1 aromatic heterocycles. The Bertz CT molecular complexity index is 975. The second-order valence-corrected chi connectivity index (χ2v) is 5.97. The number of nitriles is 1. The fourth-order valence-electron chi connectivity index (χ4n) is 2.77. The van der Waals surface area contributed by atoms with E-state index < -0.39 is 0 Å². The highest BCUT2D eigenvalue weighted by Crippen LogP contribution is 2.27. The summed E-state index contributed by atoms with van der Waals surface area (Å²) in [6.07, 6.45) is 1.96. The predicted molar refractivity (Wildman–Crippen MR) is 100 cm³/mol. The number of hydrogen-bond acceptors (Lipinski definition) is 6. The summed E-state index contributed by atoms with van der Waals surface area (Å²) in [7, 11) is 0. The van der Waals surface area contributed by atoms with E-state index in [4.69, 9.17) is 14.7 Å². The van der Waals surface area contributed by atoms with E-state index in [1.165, 1.54) is 0 Å². The number of ether oxygens (including phenoxy) is 2. The Balaban J connectivity index is 1.60. The molecular formula is C20H20N4O3. The van der Waals surface area contributed by atoms with E-state index in [0.29, 0.717) is 25.3 Å². The topological polar surface area (TPSA) is 101 Å². The molecule has 0 unspecified atom stereocenters. The number of fused-ring (bicyclic) bond motifs is 1. The molecule has 3 rings (SSSR count). The molecule has 0 aliphatic rings. The van der Waals surface area contributed by atoms with Gasteiger partial charge in [-0.2, -0.15) is 15.6 Å². The molecule has 2 aromatic carbocycles. The molecule has 0 fully saturated rings. The molecule has 138 valence electrons. The first kappa shape index (κ1) is 18.4. The molecule has 0 amide bonds. The molecule has 0 atom stereocenters. The highest BCUT2D eigenvalue weighted by atomic mass is 16.5. The van der Waals surface area contributed by atoms with Gasteiger partial charge in [0.15, 0.2) is 5.69 Å². The van der Waals surface area contributed by atoms with Crippen molar-refractivity contribution in [2.24, 2.45) is 0 Å². The van der Waals surface area contributed by atoms with Crippen LogP contribution in [0.4, 0.5) is 0 Å². The molecule has 1 N–H and O–H groups in total. The van der Waals surface area contributed by atoms with E-state index in [2.05, 4.69) is 15.4 Å². The molecule has 0 saturated carbocycles. The summed E-state index contributed by atoms with van der Waals surface area (Å²) >= 11 is 0. The Morgan fingerprint density at radius 1 is 1.15 bits per heavy atom. The van der Waals surface area contributed by atoms with E-state index in [9.17, 15) is 4.79 Å². The van der Waals surface area contributed by atoms with Crippen LogP contribution in [0.5, 0.6) is 5.75 Å². The van der Waals surface area contributed by atoms with Crippen molar-refractivity contribution in [2.75, 3.05) is 13.2 Å². The van der Waals surface area contributed by atoms with Gasteiger partial charge in [0.1, 0.15) is 17.5 Å². The van der Waals surface area contributed by atoms with Crippen LogP contribution in [0.1, 0.15) is 31.9 Å². The molecule has 0 spiro atoms. The van der Waals surface area contributed by atoms with E-state index in [0.717, 1.165) is 34.9 Å². The second kappa shape index (κ2) is 8.81. The Labute approximate surface area is 156 Å². The van der Waals surface area contributed by atoms with Crippen molar-refractivity contribution in [2.45, 2.75) is 26.2 Å². The number of esters is 1. The minimum atomic E-state index is -0.161. The minimum absolute atomic E-state index is 0.161.